The Bertz CT molecular complexity index is 29.5. The first-order valence-corrected chi connectivity index (χ1v) is 4.47. The van der Waals surface area contributed by atoms with Gasteiger partial charge in [-0.15, -0.1) is 0 Å². The second-order valence-corrected chi connectivity index (χ2v) is 2.54. The van der Waals surface area contributed by atoms with Crippen LogP contribution in [0.5, 0.6) is 0 Å². The molecule has 0 radical (unpaired) electrons. The Morgan fingerprint density at radius 3 is 1.00 bits per heavy atom. The third-order valence-electron chi connectivity index (χ3n) is 0. The minimum atomic E-state index is -7.18. The average Bonchev–Trinajstić information content (AvgIpc) is 0.722. The minimum absolute atomic E-state index is 0. The Morgan fingerprint density at radius 1 is 1.00 bits per heavy atom. The van der Waals surface area contributed by atoms with Gasteiger partial charge in [-0.25, -0.2) is 0 Å². The Hall–Kier alpha value is 2.17. The summed E-state index contributed by atoms with van der Waals surface area (Å²) < 4.78 is 39.6. The molecule has 0 aliphatic carbocycles. The summed E-state index contributed by atoms with van der Waals surface area (Å²) in [6, 6.07) is 0. The molecule has 0 atom stereocenters. The zero-order valence-electron chi connectivity index (χ0n) is 4.72. The molecule has 0 heterocycles. The molecule has 6 heteroatoms. The van der Waals surface area contributed by atoms with Crippen molar-refractivity contribution in [3.8, 4) is 0 Å². The smallest absolute Gasteiger partial charge is 1.00 e. The fourth-order valence-electron chi connectivity index (χ4n) is 0. The van der Waals surface area contributed by atoms with Gasteiger partial charge in [0.1, 0.15) is 0 Å². The Balaban J connectivity index is -0.0000000267. The van der Waals surface area contributed by atoms with Crippen molar-refractivity contribution in [3.63, 3.8) is 0 Å². The van der Waals surface area contributed by atoms with Gasteiger partial charge in [-0.3, -0.25) is 0 Å². The minimum Gasteiger partial charge on any atom is -1.00 e. The van der Waals surface area contributed by atoms with E-state index in [1.54, 1.807) is 0 Å². The molecule has 0 aliphatic rings. The van der Waals surface area contributed by atoms with E-state index in [4.69, 9.17) is 0 Å². The largest absolute Gasteiger partial charge is 1.00 e. The monoisotopic (exact) mass is 306 g/mol. The van der Waals surface area contributed by atoms with Crippen molar-refractivity contribution in [2.45, 2.75) is 0 Å². The van der Waals surface area contributed by atoms with E-state index in [1.807, 2.05) is 0 Å². The van der Waals surface area contributed by atoms with Crippen LogP contribution in [0.3, 0.4) is 0 Å². The van der Waals surface area contributed by atoms with Gasteiger partial charge in [0.15, 0.2) is 0 Å². The Labute approximate surface area is 83.3 Å². The van der Waals surface area contributed by atoms with Crippen LogP contribution >= 0.6 is 0 Å². The third kappa shape index (κ3) is 35.0. The van der Waals surface area contributed by atoms with Crippen molar-refractivity contribution in [2.24, 2.45) is 0 Å². The summed E-state index contributed by atoms with van der Waals surface area (Å²) in [4.78, 5) is 0. The number of hydrogen-bond donors (Lipinski definition) is 0. The predicted octanol–water partition coefficient (Wildman–Crippen LogP) is 1.52. The summed E-state index contributed by atoms with van der Waals surface area (Å²) in [5, 5.41) is 0. The molecular formula is H2BaF4Zr. The molecule has 0 spiro atoms. The van der Waals surface area contributed by atoms with Gasteiger partial charge in [-0.1, -0.05) is 0 Å². The van der Waals surface area contributed by atoms with E-state index in [2.05, 4.69) is 0 Å². The second kappa shape index (κ2) is 4.09. The van der Waals surface area contributed by atoms with Gasteiger partial charge in [0.05, 0.1) is 0 Å². The average molecular weight is 307 g/mol. The van der Waals surface area contributed by atoms with Gasteiger partial charge in [0.2, 0.25) is 0 Å². The van der Waals surface area contributed by atoms with E-state index < -0.39 is 22.7 Å². The van der Waals surface area contributed by atoms with Crippen LogP contribution in [0, 0.1) is 0 Å². The molecule has 36 valence electrons. The molecular weight excluding hydrogens is 305 g/mol. The van der Waals surface area contributed by atoms with Crippen molar-refractivity contribution >= 4 is 48.9 Å². The summed E-state index contributed by atoms with van der Waals surface area (Å²) in [7, 11) is 0. The zero-order valence-corrected chi connectivity index (χ0v) is 9.62. The van der Waals surface area contributed by atoms with Crippen LogP contribution in [0.4, 0.5) is 10.5 Å². The quantitative estimate of drug-likeness (QED) is 0.470. The normalized spacial score (nSPS) is 10.0. The fraction of sp³-hybridized carbons (Fsp3) is 0. The molecule has 0 aromatic carbocycles. The first-order valence-electron chi connectivity index (χ1n) is 0.756. The van der Waals surface area contributed by atoms with Crippen LogP contribution in [0.2, 0.25) is 0 Å². The van der Waals surface area contributed by atoms with Crippen LogP contribution in [0.25, 0.3) is 0 Å². The summed E-state index contributed by atoms with van der Waals surface area (Å²) in [5.41, 5.74) is 0. The number of halogens is 4. The van der Waals surface area contributed by atoms with Crippen LogP contribution in [0.1, 0.15) is 2.85 Å². The SMILES string of the molecule is [Ba+2].[F][Zr]([F])([F])[F].[H-].[H-]. The van der Waals surface area contributed by atoms with Gasteiger partial charge in [0.25, 0.3) is 0 Å². The molecule has 0 fully saturated rings. The summed E-state index contributed by atoms with van der Waals surface area (Å²) in [5.74, 6) is 0. The molecule has 0 aliphatic heterocycles. The van der Waals surface area contributed by atoms with Crippen molar-refractivity contribution in [1.29, 1.82) is 0 Å². The van der Waals surface area contributed by atoms with E-state index >= 15 is 0 Å². The van der Waals surface area contributed by atoms with Gasteiger partial charge in [-0.05, 0) is 0 Å². The molecule has 0 nitrogen and oxygen atoms in total. The fourth-order valence-corrected chi connectivity index (χ4v) is 0. The van der Waals surface area contributed by atoms with E-state index in [0.717, 1.165) is 0 Å². The topological polar surface area (TPSA) is 0 Å². The van der Waals surface area contributed by atoms with Crippen LogP contribution in [0.15, 0.2) is 0 Å². The van der Waals surface area contributed by atoms with Gasteiger partial charge >= 0.3 is 82.1 Å². The van der Waals surface area contributed by atoms with E-state index in [1.165, 1.54) is 0 Å². The number of hydrogen-bond acceptors (Lipinski definition) is 0. The first kappa shape index (κ1) is 11.0. The van der Waals surface area contributed by atoms with Crippen molar-refractivity contribution in [1.82, 2.24) is 0 Å². The molecule has 0 amide bonds. The zero-order chi connectivity index (χ0) is 4.50. The Morgan fingerprint density at radius 2 is 1.00 bits per heavy atom. The molecule has 0 saturated heterocycles. The maximum absolute atomic E-state index is 9.90. The number of rotatable bonds is 0. The maximum Gasteiger partial charge on any atom is -1.00 e. The Kier molecular flexibility index (Phi) is 7.53. The summed E-state index contributed by atoms with van der Waals surface area (Å²) in [6.45, 7) is 0. The first-order chi connectivity index (χ1) is 2.00. The van der Waals surface area contributed by atoms with E-state index in [-0.39, 0.29) is 51.7 Å². The molecule has 0 bridgehead atoms. The predicted molar refractivity (Wildman–Crippen MR) is 12.4 cm³/mol. The van der Waals surface area contributed by atoms with Crippen molar-refractivity contribution < 1.29 is 36.1 Å². The second-order valence-electron chi connectivity index (χ2n) is 0.429. The molecule has 0 aromatic rings. The maximum atomic E-state index is 9.90. The van der Waals surface area contributed by atoms with Gasteiger partial charge in [-0.2, -0.15) is 0 Å². The van der Waals surface area contributed by atoms with E-state index in [0.29, 0.717) is 0 Å². The molecule has 0 unspecified atom stereocenters. The van der Waals surface area contributed by atoms with Crippen molar-refractivity contribution in [3.05, 3.63) is 0 Å². The summed E-state index contributed by atoms with van der Waals surface area (Å²) >= 11 is -7.18. The van der Waals surface area contributed by atoms with Gasteiger partial charge < -0.3 is 2.85 Å². The van der Waals surface area contributed by atoms with Crippen molar-refractivity contribution in [2.75, 3.05) is 0 Å². The van der Waals surface area contributed by atoms with E-state index in [9.17, 15) is 10.5 Å². The third-order valence-corrected chi connectivity index (χ3v) is 0. The van der Waals surface area contributed by atoms with Crippen LogP contribution in [-0.2, 0) is 22.7 Å². The van der Waals surface area contributed by atoms with Crippen LogP contribution in [-0.4, -0.2) is 48.9 Å². The van der Waals surface area contributed by atoms with Gasteiger partial charge in [0, 0.05) is 0 Å². The van der Waals surface area contributed by atoms with Crippen LogP contribution < -0.4 is 0 Å². The molecule has 6 heavy (non-hydrogen) atoms. The standard InChI is InChI=1S/Ba.4FH.Zr.2H/h;4*1H;;;/q+2;;;;;+4;2*-1/p-4. The molecule has 0 aromatic heterocycles. The molecule has 0 saturated carbocycles. The molecule has 0 rings (SSSR count). The summed E-state index contributed by atoms with van der Waals surface area (Å²) in [6.07, 6.45) is 0. The molecule has 0 N–H and O–H groups in total.